The molecule has 1 fully saturated rings. The minimum Gasteiger partial charge on any atom is -0.493 e. The molecule has 0 radical (unpaired) electrons. The van der Waals surface area contributed by atoms with Crippen molar-refractivity contribution in [1.82, 2.24) is 9.78 Å². The number of methoxy groups -OCH3 is 1. The molecule has 1 aromatic heterocycles. The van der Waals surface area contributed by atoms with Crippen LogP contribution in [0.15, 0.2) is 22.8 Å². The zero-order valence-electron chi connectivity index (χ0n) is 12.8. The summed E-state index contributed by atoms with van der Waals surface area (Å²) in [6.07, 6.45) is 6.71. The molecule has 0 aliphatic heterocycles. The first kappa shape index (κ1) is 15.2. The molecule has 0 atom stereocenters. The van der Waals surface area contributed by atoms with Crippen molar-refractivity contribution < 1.29 is 9.47 Å². The molecule has 3 rings (SSSR count). The van der Waals surface area contributed by atoms with Gasteiger partial charge in [-0.2, -0.15) is 5.10 Å². The van der Waals surface area contributed by atoms with Gasteiger partial charge in [-0.1, -0.05) is 0 Å². The van der Waals surface area contributed by atoms with Gasteiger partial charge in [0.1, 0.15) is 5.82 Å². The van der Waals surface area contributed by atoms with E-state index >= 15 is 0 Å². The standard InChI is InChI=1S/C16H20BrN3O2/c1-20-16(18)12(9-19-20)10-7-13(17)15(14(8-10)21-2)22-11-5-3-4-6-11/h7-9,11H,3-6,18H2,1-2H3. The molecule has 0 saturated heterocycles. The number of nitrogen functional groups attached to an aromatic ring is 1. The van der Waals surface area contributed by atoms with Crippen LogP contribution in [0.1, 0.15) is 25.7 Å². The van der Waals surface area contributed by atoms with Crippen molar-refractivity contribution in [1.29, 1.82) is 0 Å². The fraction of sp³-hybridized carbons (Fsp3) is 0.438. The molecule has 1 aromatic carbocycles. The van der Waals surface area contributed by atoms with Gasteiger partial charge in [-0.15, -0.1) is 0 Å². The normalized spacial score (nSPS) is 15.2. The molecule has 5 nitrogen and oxygen atoms in total. The minimum absolute atomic E-state index is 0.277. The van der Waals surface area contributed by atoms with Gasteiger partial charge >= 0.3 is 0 Å². The number of anilines is 1. The number of nitrogens with zero attached hydrogens (tertiary/aromatic N) is 2. The van der Waals surface area contributed by atoms with Crippen molar-refractivity contribution in [3.05, 3.63) is 22.8 Å². The van der Waals surface area contributed by atoms with E-state index in [0.717, 1.165) is 34.2 Å². The zero-order chi connectivity index (χ0) is 15.7. The van der Waals surface area contributed by atoms with E-state index < -0.39 is 0 Å². The summed E-state index contributed by atoms with van der Waals surface area (Å²) in [7, 11) is 3.47. The number of rotatable bonds is 4. The Hall–Kier alpha value is -1.69. The number of hydrogen-bond acceptors (Lipinski definition) is 4. The van der Waals surface area contributed by atoms with Crippen LogP contribution in [-0.2, 0) is 7.05 Å². The van der Waals surface area contributed by atoms with Crippen LogP contribution in [0.3, 0.4) is 0 Å². The molecule has 0 amide bonds. The quantitative estimate of drug-likeness (QED) is 0.895. The second-order valence-electron chi connectivity index (χ2n) is 5.58. The van der Waals surface area contributed by atoms with Gasteiger partial charge in [0.15, 0.2) is 11.5 Å². The zero-order valence-corrected chi connectivity index (χ0v) is 14.4. The maximum atomic E-state index is 6.13. The summed E-state index contributed by atoms with van der Waals surface area (Å²) in [5, 5.41) is 4.19. The third kappa shape index (κ3) is 2.79. The van der Waals surface area contributed by atoms with E-state index in [-0.39, 0.29) is 6.10 Å². The van der Waals surface area contributed by atoms with E-state index in [1.165, 1.54) is 12.8 Å². The van der Waals surface area contributed by atoms with E-state index in [4.69, 9.17) is 15.2 Å². The Labute approximate surface area is 138 Å². The molecule has 118 valence electrons. The van der Waals surface area contributed by atoms with Crippen LogP contribution in [-0.4, -0.2) is 23.0 Å². The number of benzene rings is 1. The average Bonchev–Trinajstić information content (AvgIpc) is 3.12. The van der Waals surface area contributed by atoms with E-state index in [2.05, 4.69) is 21.0 Å². The Morgan fingerprint density at radius 3 is 2.64 bits per heavy atom. The molecule has 2 N–H and O–H groups in total. The van der Waals surface area contributed by atoms with Crippen molar-refractivity contribution >= 4 is 21.7 Å². The molecular weight excluding hydrogens is 346 g/mol. The predicted molar refractivity (Wildman–Crippen MR) is 90.2 cm³/mol. The van der Waals surface area contributed by atoms with Gasteiger partial charge in [0, 0.05) is 12.6 Å². The summed E-state index contributed by atoms with van der Waals surface area (Å²) in [6.45, 7) is 0. The van der Waals surface area contributed by atoms with E-state index in [1.807, 2.05) is 19.2 Å². The van der Waals surface area contributed by atoms with E-state index in [1.54, 1.807) is 18.0 Å². The lowest BCUT2D eigenvalue weighted by molar-refractivity contribution is 0.199. The van der Waals surface area contributed by atoms with Crippen LogP contribution >= 0.6 is 15.9 Å². The molecule has 0 spiro atoms. The third-order valence-corrected chi connectivity index (χ3v) is 4.70. The second-order valence-corrected chi connectivity index (χ2v) is 6.44. The fourth-order valence-electron chi connectivity index (χ4n) is 2.83. The highest BCUT2D eigenvalue weighted by molar-refractivity contribution is 9.10. The number of ether oxygens (including phenoxy) is 2. The molecule has 1 aliphatic carbocycles. The van der Waals surface area contributed by atoms with E-state index in [0.29, 0.717) is 11.6 Å². The maximum absolute atomic E-state index is 6.13. The molecule has 22 heavy (non-hydrogen) atoms. The minimum atomic E-state index is 0.277. The predicted octanol–water partition coefficient (Wildman–Crippen LogP) is 3.76. The summed E-state index contributed by atoms with van der Waals surface area (Å²) in [4.78, 5) is 0. The molecule has 0 unspecified atom stereocenters. The molecule has 1 heterocycles. The first-order chi connectivity index (χ1) is 10.6. The van der Waals surface area contributed by atoms with Crippen LogP contribution in [0.2, 0.25) is 0 Å². The van der Waals surface area contributed by atoms with Gasteiger partial charge in [0.25, 0.3) is 0 Å². The first-order valence-electron chi connectivity index (χ1n) is 7.42. The number of aryl methyl sites for hydroxylation is 1. The Morgan fingerprint density at radius 1 is 1.32 bits per heavy atom. The van der Waals surface area contributed by atoms with Gasteiger partial charge < -0.3 is 15.2 Å². The summed E-state index contributed by atoms with van der Waals surface area (Å²) in [5.74, 6) is 2.10. The molecular formula is C16H20BrN3O2. The van der Waals surface area contributed by atoms with Crippen molar-refractivity contribution in [2.45, 2.75) is 31.8 Å². The maximum Gasteiger partial charge on any atom is 0.175 e. The first-order valence-corrected chi connectivity index (χ1v) is 8.21. The lowest BCUT2D eigenvalue weighted by atomic mass is 10.1. The van der Waals surface area contributed by atoms with Crippen LogP contribution in [0.5, 0.6) is 11.5 Å². The molecule has 1 saturated carbocycles. The van der Waals surface area contributed by atoms with Crippen LogP contribution in [0, 0.1) is 0 Å². The molecule has 1 aliphatic rings. The highest BCUT2D eigenvalue weighted by Gasteiger charge is 2.21. The summed E-state index contributed by atoms with van der Waals surface area (Å²) < 4.78 is 14.2. The number of halogens is 1. The molecule has 0 bridgehead atoms. The largest absolute Gasteiger partial charge is 0.493 e. The second kappa shape index (κ2) is 6.20. The van der Waals surface area contributed by atoms with Crippen LogP contribution < -0.4 is 15.2 Å². The topological polar surface area (TPSA) is 62.3 Å². The van der Waals surface area contributed by atoms with Crippen molar-refractivity contribution in [2.24, 2.45) is 7.05 Å². The van der Waals surface area contributed by atoms with Crippen LogP contribution in [0.4, 0.5) is 5.82 Å². The Balaban J connectivity index is 1.98. The Kier molecular flexibility index (Phi) is 4.29. The van der Waals surface area contributed by atoms with Gasteiger partial charge in [-0.3, -0.25) is 4.68 Å². The SMILES string of the molecule is COc1cc(-c2cnn(C)c2N)cc(Br)c1OC1CCCC1. The smallest absolute Gasteiger partial charge is 0.175 e. The fourth-order valence-corrected chi connectivity index (χ4v) is 3.37. The Bertz CT molecular complexity index is 678. The molecule has 6 heteroatoms. The molecule has 2 aromatic rings. The van der Waals surface area contributed by atoms with Crippen molar-refractivity contribution in [3.63, 3.8) is 0 Å². The number of hydrogen-bond donors (Lipinski definition) is 1. The van der Waals surface area contributed by atoms with Crippen LogP contribution in [0.25, 0.3) is 11.1 Å². The van der Waals surface area contributed by atoms with E-state index in [9.17, 15) is 0 Å². The van der Waals surface area contributed by atoms with Gasteiger partial charge in [-0.25, -0.2) is 0 Å². The highest BCUT2D eigenvalue weighted by Crippen LogP contribution is 2.42. The average molecular weight is 366 g/mol. The highest BCUT2D eigenvalue weighted by atomic mass is 79.9. The van der Waals surface area contributed by atoms with Gasteiger partial charge in [0.05, 0.1) is 23.9 Å². The number of nitrogens with two attached hydrogens (primary N) is 1. The Morgan fingerprint density at radius 2 is 2.05 bits per heavy atom. The monoisotopic (exact) mass is 365 g/mol. The lowest BCUT2D eigenvalue weighted by Crippen LogP contribution is -2.12. The third-order valence-electron chi connectivity index (χ3n) is 4.11. The van der Waals surface area contributed by atoms with Gasteiger partial charge in [-0.05, 0) is 59.3 Å². The summed E-state index contributed by atoms with van der Waals surface area (Å²) in [6, 6.07) is 3.95. The summed E-state index contributed by atoms with van der Waals surface area (Å²) >= 11 is 3.60. The van der Waals surface area contributed by atoms with Crippen molar-refractivity contribution in [3.8, 4) is 22.6 Å². The number of aromatic nitrogens is 2. The van der Waals surface area contributed by atoms with Gasteiger partial charge in [0.2, 0.25) is 0 Å². The lowest BCUT2D eigenvalue weighted by Gasteiger charge is -2.18. The summed E-state index contributed by atoms with van der Waals surface area (Å²) in [5.41, 5.74) is 7.89. The van der Waals surface area contributed by atoms with Crippen molar-refractivity contribution in [2.75, 3.05) is 12.8 Å².